The fourth-order valence-corrected chi connectivity index (χ4v) is 5.83. The molecule has 1 aliphatic heterocycles. The van der Waals surface area contributed by atoms with Crippen LogP contribution in [-0.2, 0) is 21.4 Å². The fourth-order valence-electron chi connectivity index (χ4n) is 3.74. The van der Waals surface area contributed by atoms with Crippen LogP contribution in [0.15, 0.2) is 52.5 Å². The summed E-state index contributed by atoms with van der Waals surface area (Å²) in [7, 11) is 0.0811. The predicted octanol–water partition coefficient (Wildman–Crippen LogP) is 2.31. The summed E-state index contributed by atoms with van der Waals surface area (Å²) in [5.41, 5.74) is 1.07. The summed E-state index contributed by atoms with van der Waals surface area (Å²) >= 11 is 1.34. The van der Waals surface area contributed by atoms with Gasteiger partial charge in [0.25, 0.3) is 0 Å². The SMILES string of the molecule is COc1ccc(CN(C(=O)CSc2ccc(S(=O)(=O)N3CCN(C)CC3)cn2)C2CC2)cc1. The highest BCUT2D eigenvalue weighted by atomic mass is 32.2. The van der Waals surface area contributed by atoms with E-state index in [9.17, 15) is 13.2 Å². The lowest BCUT2D eigenvalue weighted by Gasteiger charge is -2.31. The molecule has 2 aliphatic rings. The average molecular weight is 491 g/mol. The molecule has 10 heteroatoms. The van der Waals surface area contributed by atoms with Crippen molar-refractivity contribution in [2.24, 2.45) is 0 Å². The Morgan fingerprint density at radius 2 is 1.82 bits per heavy atom. The third-order valence-corrected chi connectivity index (χ3v) is 8.78. The van der Waals surface area contributed by atoms with Gasteiger partial charge < -0.3 is 14.5 Å². The number of hydrogen-bond donors (Lipinski definition) is 0. The largest absolute Gasteiger partial charge is 0.497 e. The van der Waals surface area contributed by atoms with E-state index in [4.69, 9.17) is 4.74 Å². The third kappa shape index (κ3) is 6.06. The van der Waals surface area contributed by atoms with Gasteiger partial charge in [-0.15, -0.1) is 0 Å². The molecule has 4 rings (SSSR count). The number of likely N-dealkylation sites (N-methyl/N-ethyl adjacent to an activating group) is 1. The smallest absolute Gasteiger partial charge is 0.244 e. The molecular formula is C23H30N4O4S2. The summed E-state index contributed by atoms with van der Waals surface area (Å²) < 4.78 is 32.4. The Balaban J connectivity index is 1.34. The number of carbonyl (C=O) groups is 1. The van der Waals surface area contributed by atoms with Gasteiger partial charge in [0.05, 0.1) is 17.9 Å². The van der Waals surface area contributed by atoms with Gasteiger partial charge in [-0.1, -0.05) is 23.9 Å². The number of sulfonamides is 1. The summed E-state index contributed by atoms with van der Waals surface area (Å²) in [6, 6.07) is 11.3. The van der Waals surface area contributed by atoms with Gasteiger partial charge in [0, 0.05) is 45.0 Å². The zero-order chi connectivity index (χ0) is 23.4. The normalized spacial score (nSPS) is 17.6. The van der Waals surface area contributed by atoms with Crippen molar-refractivity contribution in [3.05, 3.63) is 48.2 Å². The summed E-state index contributed by atoms with van der Waals surface area (Å²) in [4.78, 5) is 21.5. The van der Waals surface area contributed by atoms with Gasteiger partial charge in [-0.2, -0.15) is 4.31 Å². The van der Waals surface area contributed by atoms with E-state index in [0.717, 1.165) is 37.2 Å². The van der Waals surface area contributed by atoms with Crippen molar-refractivity contribution in [1.29, 1.82) is 0 Å². The van der Waals surface area contributed by atoms with Crippen molar-refractivity contribution in [3.63, 3.8) is 0 Å². The lowest BCUT2D eigenvalue weighted by atomic mass is 10.2. The molecule has 0 bridgehead atoms. The van der Waals surface area contributed by atoms with Crippen molar-refractivity contribution in [2.75, 3.05) is 46.1 Å². The monoisotopic (exact) mass is 490 g/mol. The van der Waals surface area contributed by atoms with E-state index in [0.29, 0.717) is 30.7 Å². The molecule has 1 amide bonds. The molecule has 0 spiro atoms. The van der Waals surface area contributed by atoms with Crippen LogP contribution in [0.5, 0.6) is 5.75 Å². The molecule has 2 aromatic rings. The molecule has 2 fully saturated rings. The molecule has 1 aromatic heterocycles. The number of amides is 1. The lowest BCUT2D eigenvalue weighted by Crippen LogP contribution is -2.47. The first-order chi connectivity index (χ1) is 15.9. The number of carbonyl (C=O) groups excluding carboxylic acids is 1. The number of thioether (sulfide) groups is 1. The van der Waals surface area contributed by atoms with Gasteiger partial charge in [0.15, 0.2) is 0 Å². The van der Waals surface area contributed by atoms with Gasteiger partial charge in [-0.3, -0.25) is 4.79 Å². The minimum absolute atomic E-state index is 0.0641. The van der Waals surface area contributed by atoms with Crippen LogP contribution in [-0.4, -0.2) is 85.5 Å². The Morgan fingerprint density at radius 3 is 2.39 bits per heavy atom. The van der Waals surface area contributed by atoms with E-state index in [1.54, 1.807) is 19.2 Å². The zero-order valence-electron chi connectivity index (χ0n) is 19.0. The molecule has 2 heterocycles. The number of pyridine rings is 1. The lowest BCUT2D eigenvalue weighted by molar-refractivity contribution is -0.129. The molecule has 1 aliphatic carbocycles. The molecule has 0 atom stereocenters. The van der Waals surface area contributed by atoms with Crippen LogP contribution in [0.25, 0.3) is 0 Å². The summed E-state index contributed by atoms with van der Waals surface area (Å²) in [5, 5.41) is 0.640. The number of benzene rings is 1. The highest BCUT2D eigenvalue weighted by molar-refractivity contribution is 7.99. The Bertz CT molecular complexity index is 1050. The number of methoxy groups -OCH3 is 1. The molecular weight excluding hydrogens is 460 g/mol. The first-order valence-electron chi connectivity index (χ1n) is 11.1. The van der Waals surface area contributed by atoms with Crippen LogP contribution in [0.4, 0.5) is 0 Å². The Labute approximate surface area is 200 Å². The summed E-state index contributed by atoms with van der Waals surface area (Å²) in [6.45, 7) is 2.97. The second-order valence-electron chi connectivity index (χ2n) is 8.43. The van der Waals surface area contributed by atoms with Gasteiger partial charge in [0.1, 0.15) is 10.6 Å². The quantitative estimate of drug-likeness (QED) is 0.499. The van der Waals surface area contributed by atoms with Crippen LogP contribution >= 0.6 is 11.8 Å². The first kappa shape index (κ1) is 24.0. The van der Waals surface area contributed by atoms with Crippen molar-refractivity contribution in [2.45, 2.75) is 35.3 Å². The van der Waals surface area contributed by atoms with E-state index in [1.807, 2.05) is 36.2 Å². The van der Waals surface area contributed by atoms with Crippen LogP contribution < -0.4 is 4.74 Å². The second kappa shape index (κ2) is 10.4. The van der Waals surface area contributed by atoms with Gasteiger partial charge >= 0.3 is 0 Å². The molecule has 1 saturated carbocycles. The number of nitrogens with zero attached hydrogens (tertiary/aromatic N) is 4. The number of hydrogen-bond acceptors (Lipinski definition) is 7. The molecule has 33 heavy (non-hydrogen) atoms. The summed E-state index contributed by atoms with van der Waals surface area (Å²) in [6.07, 6.45) is 3.46. The zero-order valence-corrected chi connectivity index (χ0v) is 20.6. The topological polar surface area (TPSA) is 83.0 Å². The van der Waals surface area contributed by atoms with E-state index < -0.39 is 10.0 Å². The van der Waals surface area contributed by atoms with Crippen LogP contribution in [0.2, 0.25) is 0 Å². The minimum Gasteiger partial charge on any atom is -0.497 e. The maximum absolute atomic E-state index is 12.9. The van der Waals surface area contributed by atoms with Crippen molar-refractivity contribution in [3.8, 4) is 5.75 Å². The molecule has 8 nitrogen and oxygen atoms in total. The predicted molar refractivity (Wildman–Crippen MR) is 128 cm³/mol. The Hall–Kier alpha value is -2.14. The summed E-state index contributed by atoms with van der Waals surface area (Å²) in [5.74, 6) is 1.13. The Kier molecular flexibility index (Phi) is 7.58. The number of ether oxygens (including phenoxy) is 1. The minimum atomic E-state index is -3.54. The first-order valence-corrected chi connectivity index (χ1v) is 13.5. The van der Waals surface area contributed by atoms with Gasteiger partial charge in [0.2, 0.25) is 15.9 Å². The van der Waals surface area contributed by atoms with Gasteiger partial charge in [-0.25, -0.2) is 13.4 Å². The van der Waals surface area contributed by atoms with Gasteiger partial charge in [-0.05, 0) is 49.7 Å². The molecule has 0 unspecified atom stereocenters. The van der Waals surface area contributed by atoms with Crippen molar-refractivity contribution >= 4 is 27.7 Å². The molecule has 0 radical (unpaired) electrons. The standard InChI is InChI=1S/C23H30N4O4S2/c1-25-11-13-26(14-12-25)33(29,30)21-9-10-22(24-15-21)32-17-23(28)27(19-5-6-19)16-18-3-7-20(31-2)8-4-18/h3-4,7-10,15,19H,5-6,11-14,16-17H2,1-2H3. The van der Waals surface area contributed by atoms with E-state index >= 15 is 0 Å². The molecule has 1 aromatic carbocycles. The van der Waals surface area contributed by atoms with Crippen LogP contribution in [0.1, 0.15) is 18.4 Å². The number of piperazine rings is 1. The van der Waals surface area contributed by atoms with Crippen LogP contribution in [0.3, 0.4) is 0 Å². The molecule has 0 N–H and O–H groups in total. The Morgan fingerprint density at radius 1 is 1.12 bits per heavy atom. The molecule has 1 saturated heterocycles. The van der Waals surface area contributed by atoms with Crippen LogP contribution in [0, 0.1) is 0 Å². The molecule has 178 valence electrons. The van der Waals surface area contributed by atoms with Crippen molar-refractivity contribution < 1.29 is 17.9 Å². The van der Waals surface area contributed by atoms with E-state index in [2.05, 4.69) is 9.88 Å². The van der Waals surface area contributed by atoms with E-state index in [1.165, 1.54) is 22.3 Å². The van der Waals surface area contributed by atoms with E-state index in [-0.39, 0.29) is 16.6 Å². The highest BCUT2D eigenvalue weighted by Gasteiger charge is 2.32. The second-order valence-corrected chi connectivity index (χ2v) is 11.4. The van der Waals surface area contributed by atoms with Crippen molar-refractivity contribution in [1.82, 2.24) is 19.1 Å². The third-order valence-electron chi connectivity index (χ3n) is 5.97. The number of rotatable bonds is 9. The maximum Gasteiger partial charge on any atom is 0.244 e. The number of aromatic nitrogens is 1. The fraction of sp³-hybridized carbons (Fsp3) is 0.478. The average Bonchev–Trinajstić information content (AvgIpc) is 3.67. The maximum atomic E-state index is 12.9. The highest BCUT2D eigenvalue weighted by Crippen LogP contribution is 2.30.